The van der Waals surface area contributed by atoms with Crippen LogP contribution in [0, 0.1) is 13.8 Å². The van der Waals surface area contributed by atoms with Crippen molar-refractivity contribution in [2.45, 2.75) is 18.9 Å². The van der Waals surface area contributed by atoms with Gasteiger partial charge in [0.05, 0.1) is 11.9 Å². The normalized spacial score (nSPS) is 11.4. The van der Waals surface area contributed by atoms with Crippen molar-refractivity contribution in [1.82, 2.24) is 9.97 Å². The van der Waals surface area contributed by atoms with Gasteiger partial charge >= 0.3 is 0 Å². The molecule has 0 saturated heterocycles. The summed E-state index contributed by atoms with van der Waals surface area (Å²) >= 11 is 0. The summed E-state index contributed by atoms with van der Waals surface area (Å²) in [7, 11) is -3.65. The molecule has 0 spiro atoms. The van der Waals surface area contributed by atoms with Crippen molar-refractivity contribution in [1.29, 1.82) is 0 Å². The number of benzene rings is 1. The van der Waals surface area contributed by atoms with Crippen molar-refractivity contribution in [2.24, 2.45) is 0 Å². The highest BCUT2D eigenvalue weighted by atomic mass is 32.2. The topological polar surface area (TPSA) is 101 Å². The van der Waals surface area contributed by atoms with Gasteiger partial charge in [0.15, 0.2) is 5.03 Å². The molecule has 2 aromatic rings. The lowest BCUT2D eigenvalue weighted by molar-refractivity contribution is 0.598. The van der Waals surface area contributed by atoms with E-state index in [1.807, 2.05) is 6.92 Å². The molecule has 1 heterocycles. The van der Waals surface area contributed by atoms with E-state index in [0.29, 0.717) is 17.2 Å². The molecule has 0 atom stereocenters. The smallest absolute Gasteiger partial charge is 0.278 e. The highest BCUT2D eigenvalue weighted by Gasteiger charge is 2.16. The van der Waals surface area contributed by atoms with Gasteiger partial charge in [-0.1, -0.05) is 6.07 Å². The Morgan fingerprint density at radius 1 is 1.33 bits per heavy atom. The van der Waals surface area contributed by atoms with E-state index in [-0.39, 0.29) is 5.03 Å². The fraction of sp³-hybridized carbons (Fsp3) is 0.182. The molecule has 4 N–H and O–H groups in total. The molecule has 2 rings (SSSR count). The predicted molar refractivity (Wildman–Crippen MR) is 69.7 cm³/mol. The van der Waals surface area contributed by atoms with Gasteiger partial charge in [0.1, 0.15) is 5.82 Å². The lowest BCUT2D eigenvalue weighted by Gasteiger charge is -2.08. The molecule has 0 unspecified atom stereocenters. The Labute approximate surface area is 105 Å². The average Bonchev–Trinajstić information content (AvgIpc) is 2.71. The first-order chi connectivity index (χ1) is 8.38. The van der Waals surface area contributed by atoms with Gasteiger partial charge in [-0.25, -0.2) is 4.98 Å². The van der Waals surface area contributed by atoms with Crippen molar-refractivity contribution in [2.75, 3.05) is 10.5 Å². The van der Waals surface area contributed by atoms with Crippen LogP contribution in [-0.2, 0) is 10.0 Å². The molecule has 18 heavy (non-hydrogen) atoms. The summed E-state index contributed by atoms with van der Waals surface area (Å²) in [6, 6.07) is 4.99. The van der Waals surface area contributed by atoms with Crippen LogP contribution in [0.15, 0.2) is 29.4 Å². The Kier molecular flexibility index (Phi) is 3.00. The van der Waals surface area contributed by atoms with Crippen LogP contribution < -0.4 is 10.5 Å². The minimum atomic E-state index is -3.65. The summed E-state index contributed by atoms with van der Waals surface area (Å²) in [5, 5.41) is 0.0270. The summed E-state index contributed by atoms with van der Waals surface area (Å²) in [6.45, 7) is 3.54. The number of nitrogens with zero attached hydrogens (tertiary/aromatic N) is 1. The molecule has 0 saturated carbocycles. The first-order valence-electron chi connectivity index (χ1n) is 5.29. The third-order valence-corrected chi connectivity index (χ3v) is 3.79. The van der Waals surface area contributed by atoms with Crippen LogP contribution in [0.4, 0.5) is 11.4 Å². The summed E-state index contributed by atoms with van der Waals surface area (Å²) in [4.78, 5) is 6.53. The molecule has 0 aliphatic carbocycles. The molecule has 6 nitrogen and oxygen atoms in total. The van der Waals surface area contributed by atoms with Gasteiger partial charge in [-0.2, -0.15) is 8.42 Å². The summed E-state index contributed by atoms with van der Waals surface area (Å²) < 4.78 is 26.4. The Balaban J connectivity index is 2.30. The minimum absolute atomic E-state index is 0.0270. The number of hydrogen-bond donors (Lipinski definition) is 3. The molecular weight excluding hydrogens is 252 g/mol. The number of anilines is 2. The average molecular weight is 266 g/mol. The Morgan fingerprint density at radius 2 is 2.06 bits per heavy atom. The standard InChI is InChI=1S/C11H14N4O2S/c1-7-3-4-9(5-10(7)12)15-18(16,17)11-6-13-8(2)14-11/h3-6,15H,12H2,1-2H3,(H,13,14). The van der Waals surface area contributed by atoms with Crippen molar-refractivity contribution in [3.8, 4) is 0 Å². The van der Waals surface area contributed by atoms with Crippen LogP contribution in [0.25, 0.3) is 0 Å². The molecule has 0 aliphatic rings. The van der Waals surface area contributed by atoms with Gasteiger partial charge in [0.2, 0.25) is 0 Å². The quantitative estimate of drug-likeness (QED) is 0.731. The number of imidazole rings is 1. The highest BCUT2D eigenvalue weighted by Crippen LogP contribution is 2.19. The minimum Gasteiger partial charge on any atom is -0.398 e. The number of aromatic nitrogens is 2. The molecule has 1 aromatic heterocycles. The third-order valence-electron chi connectivity index (χ3n) is 2.50. The van der Waals surface area contributed by atoms with E-state index < -0.39 is 10.0 Å². The molecule has 7 heteroatoms. The van der Waals surface area contributed by atoms with Crippen molar-refractivity contribution in [3.63, 3.8) is 0 Å². The maximum Gasteiger partial charge on any atom is 0.278 e. The maximum absolute atomic E-state index is 12.0. The zero-order valence-electron chi connectivity index (χ0n) is 10.1. The summed E-state index contributed by atoms with van der Waals surface area (Å²) in [5.41, 5.74) is 7.59. The fourth-order valence-electron chi connectivity index (χ4n) is 1.45. The fourth-order valence-corrected chi connectivity index (χ4v) is 2.47. The molecule has 96 valence electrons. The van der Waals surface area contributed by atoms with Gasteiger partial charge in [-0.3, -0.25) is 4.72 Å². The molecule has 0 aliphatic heterocycles. The van der Waals surface area contributed by atoms with Crippen molar-refractivity contribution in [3.05, 3.63) is 35.8 Å². The van der Waals surface area contributed by atoms with Crippen LogP contribution in [-0.4, -0.2) is 18.4 Å². The van der Waals surface area contributed by atoms with E-state index in [4.69, 9.17) is 5.73 Å². The second-order valence-corrected chi connectivity index (χ2v) is 5.66. The highest BCUT2D eigenvalue weighted by molar-refractivity contribution is 7.92. The molecule has 0 amide bonds. The lowest BCUT2D eigenvalue weighted by atomic mass is 10.2. The van der Waals surface area contributed by atoms with Crippen LogP contribution in [0.3, 0.4) is 0 Å². The van der Waals surface area contributed by atoms with Crippen LogP contribution >= 0.6 is 0 Å². The monoisotopic (exact) mass is 266 g/mol. The SMILES string of the molecule is Cc1ncc(S(=O)(=O)Nc2ccc(C)c(N)c2)[nH]1. The second-order valence-electron chi connectivity index (χ2n) is 4.01. The van der Waals surface area contributed by atoms with Gasteiger partial charge in [0.25, 0.3) is 10.0 Å². The molecule has 1 aromatic carbocycles. The van der Waals surface area contributed by atoms with E-state index in [1.165, 1.54) is 6.20 Å². The number of hydrogen-bond acceptors (Lipinski definition) is 4. The van der Waals surface area contributed by atoms with Gasteiger partial charge in [0, 0.05) is 5.69 Å². The largest absolute Gasteiger partial charge is 0.398 e. The van der Waals surface area contributed by atoms with Gasteiger partial charge < -0.3 is 10.7 Å². The zero-order chi connectivity index (χ0) is 13.3. The van der Waals surface area contributed by atoms with Crippen molar-refractivity contribution >= 4 is 21.4 Å². The summed E-state index contributed by atoms with van der Waals surface area (Å²) in [5.74, 6) is 0.541. The number of aromatic amines is 1. The van der Waals surface area contributed by atoms with Crippen LogP contribution in [0.2, 0.25) is 0 Å². The Bertz CT molecular complexity index is 676. The van der Waals surface area contributed by atoms with Gasteiger partial charge in [-0.15, -0.1) is 0 Å². The van der Waals surface area contributed by atoms with Crippen LogP contribution in [0.1, 0.15) is 11.4 Å². The van der Waals surface area contributed by atoms with E-state index in [0.717, 1.165) is 5.56 Å². The molecule has 0 radical (unpaired) electrons. The number of aryl methyl sites for hydroxylation is 2. The molecule has 0 bridgehead atoms. The summed E-state index contributed by atoms with van der Waals surface area (Å²) in [6.07, 6.45) is 1.27. The predicted octanol–water partition coefficient (Wildman–Crippen LogP) is 1.41. The second kappa shape index (κ2) is 4.34. The molecular formula is C11H14N4O2S. The van der Waals surface area contributed by atoms with Gasteiger partial charge in [-0.05, 0) is 31.5 Å². The van der Waals surface area contributed by atoms with E-state index in [1.54, 1.807) is 25.1 Å². The van der Waals surface area contributed by atoms with E-state index in [2.05, 4.69) is 14.7 Å². The Morgan fingerprint density at radius 3 is 2.61 bits per heavy atom. The Hall–Kier alpha value is -2.02. The first kappa shape index (κ1) is 12.4. The number of nitrogen functional groups attached to an aromatic ring is 1. The van der Waals surface area contributed by atoms with E-state index >= 15 is 0 Å². The number of H-pyrrole nitrogens is 1. The third kappa shape index (κ3) is 2.45. The number of nitrogens with one attached hydrogen (secondary N) is 2. The number of rotatable bonds is 3. The lowest BCUT2D eigenvalue weighted by Crippen LogP contribution is -2.13. The number of nitrogens with two attached hydrogens (primary N) is 1. The molecule has 0 fully saturated rings. The maximum atomic E-state index is 12.0. The zero-order valence-corrected chi connectivity index (χ0v) is 10.9. The van der Waals surface area contributed by atoms with Crippen molar-refractivity contribution < 1.29 is 8.42 Å². The van der Waals surface area contributed by atoms with Crippen LogP contribution in [0.5, 0.6) is 0 Å². The number of sulfonamides is 1. The van der Waals surface area contributed by atoms with E-state index in [9.17, 15) is 8.42 Å². The first-order valence-corrected chi connectivity index (χ1v) is 6.77.